The van der Waals surface area contributed by atoms with Gasteiger partial charge >= 0.3 is 5.76 Å². The van der Waals surface area contributed by atoms with Crippen LogP contribution in [0.5, 0.6) is 0 Å². The lowest BCUT2D eigenvalue weighted by atomic mass is 10.3. The molecule has 4 nitrogen and oxygen atoms in total. The van der Waals surface area contributed by atoms with Gasteiger partial charge in [-0.1, -0.05) is 12.1 Å². The molecule has 60 valence electrons. The summed E-state index contributed by atoms with van der Waals surface area (Å²) in [5.41, 5.74) is 0.991. The fourth-order valence-electron chi connectivity index (χ4n) is 1.03. The van der Waals surface area contributed by atoms with Crippen molar-refractivity contribution in [3.05, 3.63) is 34.8 Å². The number of oxazole rings is 1. The molecule has 2 rings (SSSR count). The number of fused-ring (bicyclic) bond motifs is 1. The van der Waals surface area contributed by atoms with E-state index in [9.17, 15) is 9.36 Å². The van der Waals surface area contributed by atoms with E-state index in [-0.39, 0.29) is 8.61 Å². The van der Waals surface area contributed by atoms with Crippen molar-refractivity contribution in [1.82, 2.24) is 4.34 Å². The number of hydrogen-bond acceptors (Lipinski definition) is 3. The van der Waals surface area contributed by atoms with Gasteiger partial charge in [0.2, 0.25) is 0 Å². The third-order valence-electron chi connectivity index (χ3n) is 1.55. The number of rotatable bonds is 1. The SMILES string of the molecule is O=Pn1c(=O)oc2ccccc21. The van der Waals surface area contributed by atoms with E-state index in [2.05, 4.69) is 0 Å². The summed E-state index contributed by atoms with van der Waals surface area (Å²) >= 11 is 0. The second kappa shape index (κ2) is 2.57. The Bertz CT molecular complexity index is 485. The molecule has 0 saturated carbocycles. The van der Waals surface area contributed by atoms with Crippen LogP contribution in [0, 0.1) is 0 Å². The van der Waals surface area contributed by atoms with Crippen LogP contribution in [-0.4, -0.2) is 4.34 Å². The van der Waals surface area contributed by atoms with Crippen molar-refractivity contribution in [1.29, 1.82) is 0 Å². The molecule has 0 atom stereocenters. The molecule has 0 fully saturated rings. The molecule has 1 aromatic carbocycles. The summed E-state index contributed by atoms with van der Waals surface area (Å²) in [6, 6.07) is 6.82. The molecule has 0 radical (unpaired) electrons. The average Bonchev–Trinajstić information content (AvgIpc) is 2.40. The van der Waals surface area contributed by atoms with Crippen molar-refractivity contribution in [2.75, 3.05) is 0 Å². The molecule has 12 heavy (non-hydrogen) atoms. The Morgan fingerprint density at radius 2 is 2.08 bits per heavy atom. The minimum atomic E-state index is -0.604. The first-order chi connectivity index (χ1) is 5.83. The van der Waals surface area contributed by atoms with E-state index in [4.69, 9.17) is 4.42 Å². The first kappa shape index (κ1) is 7.25. The third kappa shape index (κ3) is 0.889. The third-order valence-corrected chi connectivity index (χ3v) is 2.09. The van der Waals surface area contributed by atoms with Crippen LogP contribution in [0.2, 0.25) is 0 Å². The number of benzene rings is 1. The van der Waals surface area contributed by atoms with E-state index in [1.165, 1.54) is 0 Å². The van der Waals surface area contributed by atoms with Gasteiger partial charge in [0.1, 0.15) is 5.52 Å². The second-order valence-electron chi connectivity index (χ2n) is 2.23. The van der Waals surface area contributed by atoms with Gasteiger partial charge in [0.15, 0.2) is 5.58 Å². The maximum absolute atomic E-state index is 11.0. The van der Waals surface area contributed by atoms with Crippen molar-refractivity contribution < 1.29 is 8.98 Å². The van der Waals surface area contributed by atoms with Crippen LogP contribution in [0.15, 0.2) is 33.5 Å². The Labute approximate surface area is 68.7 Å². The van der Waals surface area contributed by atoms with Gasteiger partial charge in [-0.15, -0.1) is 0 Å². The van der Waals surface area contributed by atoms with E-state index in [1.54, 1.807) is 24.3 Å². The topological polar surface area (TPSA) is 52.2 Å². The smallest absolute Gasteiger partial charge is 0.407 e. The van der Waals surface area contributed by atoms with Gasteiger partial charge < -0.3 is 4.42 Å². The molecule has 0 aliphatic carbocycles. The van der Waals surface area contributed by atoms with Gasteiger partial charge in [0, 0.05) is 0 Å². The van der Waals surface area contributed by atoms with Gasteiger partial charge in [-0.25, -0.2) is 9.36 Å². The van der Waals surface area contributed by atoms with E-state index in [1.807, 2.05) is 0 Å². The van der Waals surface area contributed by atoms with E-state index in [0.29, 0.717) is 11.1 Å². The summed E-state index contributed by atoms with van der Waals surface area (Å²) in [6.07, 6.45) is 0. The van der Waals surface area contributed by atoms with E-state index < -0.39 is 5.76 Å². The Balaban J connectivity index is 3.00. The molecule has 0 N–H and O–H groups in total. The largest absolute Gasteiger partial charge is 0.430 e. The average molecular weight is 181 g/mol. The predicted octanol–water partition coefficient (Wildman–Crippen LogP) is 1.65. The van der Waals surface area contributed by atoms with Crippen LogP contribution in [0.25, 0.3) is 11.1 Å². The molecule has 0 saturated heterocycles. The maximum atomic E-state index is 11.0. The van der Waals surface area contributed by atoms with Crippen molar-refractivity contribution in [3.63, 3.8) is 0 Å². The molecular formula is C7H4NO3P. The van der Waals surface area contributed by atoms with E-state index >= 15 is 0 Å². The van der Waals surface area contributed by atoms with Crippen molar-refractivity contribution >= 4 is 19.7 Å². The van der Waals surface area contributed by atoms with Crippen LogP contribution >= 0.6 is 8.61 Å². The van der Waals surface area contributed by atoms with Crippen molar-refractivity contribution in [2.24, 2.45) is 0 Å². The van der Waals surface area contributed by atoms with Crippen LogP contribution in [0.1, 0.15) is 0 Å². The van der Waals surface area contributed by atoms with Crippen LogP contribution in [0.3, 0.4) is 0 Å². The highest BCUT2D eigenvalue weighted by Crippen LogP contribution is 2.14. The Hall–Kier alpha value is -1.41. The molecule has 2 aromatic rings. The number of para-hydroxylation sites is 2. The van der Waals surface area contributed by atoms with Gasteiger partial charge in [-0.05, 0) is 12.1 Å². The molecular weight excluding hydrogens is 177 g/mol. The highest BCUT2D eigenvalue weighted by atomic mass is 31.1. The van der Waals surface area contributed by atoms with Crippen LogP contribution in [-0.2, 0) is 4.57 Å². The summed E-state index contributed by atoms with van der Waals surface area (Å²) in [4.78, 5) is 11.0. The molecule has 0 aliphatic heterocycles. The minimum absolute atomic E-state index is 0.370. The van der Waals surface area contributed by atoms with Gasteiger partial charge in [-0.3, -0.25) is 0 Å². The maximum Gasteiger partial charge on any atom is 0.430 e. The number of aromatic nitrogens is 1. The number of hydrogen-bond donors (Lipinski definition) is 0. The Kier molecular flexibility index (Phi) is 1.55. The summed E-state index contributed by atoms with van der Waals surface area (Å²) in [6.45, 7) is 0. The lowest BCUT2D eigenvalue weighted by Gasteiger charge is -1.84. The zero-order chi connectivity index (χ0) is 8.55. The molecule has 5 heteroatoms. The normalized spacial score (nSPS) is 11.0. The summed E-state index contributed by atoms with van der Waals surface area (Å²) in [5, 5.41) is 0. The highest BCUT2D eigenvalue weighted by Gasteiger charge is 2.06. The standard InChI is InChI=1S/C7H4NO3P/c9-7-8(12-10)5-3-1-2-4-6(5)11-7/h1-4H. The van der Waals surface area contributed by atoms with Crippen LogP contribution < -0.4 is 5.76 Å². The van der Waals surface area contributed by atoms with Gasteiger partial charge in [-0.2, -0.15) is 4.34 Å². The zero-order valence-electron chi connectivity index (χ0n) is 5.93. The lowest BCUT2D eigenvalue weighted by Crippen LogP contribution is -2.03. The highest BCUT2D eigenvalue weighted by molar-refractivity contribution is 7.22. The molecule has 0 spiro atoms. The summed E-state index contributed by atoms with van der Waals surface area (Å²) in [5.74, 6) is -0.604. The van der Waals surface area contributed by atoms with Crippen molar-refractivity contribution in [3.8, 4) is 0 Å². The lowest BCUT2D eigenvalue weighted by molar-refractivity contribution is 0.541. The molecule has 0 bridgehead atoms. The predicted molar refractivity (Wildman–Crippen MR) is 43.5 cm³/mol. The molecule has 0 unspecified atom stereocenters. The Morgan fingerprint density at radius 3 is 2.83 bits per heavy atom. The zero-order valence-corrected chi connectivity index (χ0v) is 6.82. The Morgan fingerprint density at radius 1 is 1.33 bits per heavy atom. The van der Waals surface area contributed by atoms with Crippen molar-refractivity contribution in [2.45, 2.75) is 0 Å². The molecule has 1 heterocycles. The fourth-order valence-corrected chi connectivity index (χ4v) is 1.39. The van der Waals surface area contributed by atoms with Gasteiger partial charge in [0.05, 0.1) is 0 Å². The quantitative estimate of drug-likeness (QED) is 0.628. The molecule has 1 aromatic heterocycles. The first-order valence-corrected chi connectivity index (χ1v) is 4.03. The van der Waals surface area contributed by atoms with Crippen LogP contribution in [0.4, 0.5) is 0 Å². The summed E-state index contributed by atoms with van der Waals surface area (Å²) in [7, 11) is -0.370. The van der Waals surface area contributed by atoms with Gasteiger partial charge in [0.25, 0.3) is 8.61 Å². The summed E-state index contributed by atoms with van der Waals surface area (Å²) < 4.78 is 16.3. The monoisotopic (exact) mass is 181 g/mol. The molecule has 0 aliphatic rings. The minimum Gasteiger partial charge on any atom is -0.407 e. The molecule has 0 amide bonds. The number of nitrogens with zero attached hydrogens (tertiary/aromatic N) is 1. The first-order valence-electron chi connectivity index (χ1n) is 3.27. The fraction of sp³-hybridized carbons (Fsp3) is 0. The second-order valence-corrected chi connectivity index (χ2v) is 2.79. The van der Waals surface area contributed by atoms with E-state index in [0.717, 1.165) is 4.34 Å².